The molecule has 0 bridgehead atoms. The Morgan fingerprint density at radius 3 is 2.71 bits per heavy atom. The average molecular weight is 186 g/mol. The number of rotatable bonds is 3. The van der Waals surface area contributed by atoms with Gasteiger partial charge >= 0.3 is 0 Å². The highest BCUT2D eigenvalue weighted by atomic mass is 14.9. The van der Waals surface area contributed by atoms with Crippen molar-refractivity contribution in [3.8, 4) is 0 Å². The summed E-state index contributed by atoms with van der Waals surface area (Å²) in [5, 5.41) is 0. The van der Waals surface area contributed by atoms with Crippen molar-refractivity contribution in [2.24, 2.45) is 0 Å². The zero-order chi connectivity index (χ0) is 9.80. The summed E-state index contributed by atoms with van der Waals surface area (Å²) in [4.78, 5) is 7.35. The average Bonchev–Trinajstić information content (AvgIpc) is 2.72. The van der Waals surface area contributed by atoms with Crippen LogP contribution < -0.4 is 0 Å². The molecule has 1 aromatic heterocycles. The highest BCUT2D eigenvalue weighted by Crippen LogP contribution is 2.17. The van der Waals surface area contributed by atoms with Crippen molar-refractivity contribution in [2.45, 2.75) is 19.3 Å². The van der Waals surface area contributed by atoms with Crippen LogP contribution in [-0.2, 0) is 6.42 Å². The van der Waals surface area contributed by atoms with E-state index in [1.807, 2.05) is 12.3 Å². The molecule has 0 aliphatic carbocycles. The summed E-state index contributed by atoms with van der Waals surface area (Å²) < 4.78 is 0. The maximum Gasteiger partial charge on any atom is 0.106 e. The third-order valence-corrected chi connectivity index (χ3v) is 2.42. The van der Waals surface area contributed by atoms with E-state index >= 15 is 0 Å². The van der Waals surface area contributed by atoms with Gasteiger partial charge in [-0.2, -0.15) is 0 Å². The molecule has 0 radical (unpaired) electrons. The second-order valence-corrected chi connectivity index (χ2v) is 3.55. The lowest BCUT2D eigenvalue weighted by atomic mass is 9.98. The van der Waals surface area contributed by atoms with Crippen LogP contribution >= 0.6 is 0 Å². The van der Waals surface area contributed by atoms with Crippen molar-refractivity contribution < 1.29 is 0 Å². The van der Waals surface area contributed by atoms with E-state index in [0.29, 0.717) is 5.92 Å². The Labute approximate surface area is 84.0 Å². The van der Waals surface area contributed by atoms with Crippen LogP contribution in [0, 0.1) is 0 Å². The largest absolute Gasteiger partial charge is 0.349 e. The minimum atomic E-state index is 0.516. The van der Waals surface area contributed by atoms with Gasteiger partial charge in [-0.05, 0) is 11.5 Å². The Kier molecular flexibility index (Phi) is 2.63. The molecule has 0 saturated heterocycles. The molecule has 2 aromatic rings. The lowest BCUT2D eigenvalue weighted by Crippen LogP contribution is -1.99. The summed E-state index contributed by atoms with van der Waals surface area (Å²) in [6.07, 6.45) is 4.64. The van der Waals surface area contributed by atoms with Crippen LogP contribution in [0.4, 0.5) is 0 Å². The molecule has 0 aliphatic rings. The van der Waals surface area contributed by atoms with Gasteiger partial charge in [0.2, 0.25) is 0 Å². The summed E-state index contributed by atoms with van der Waals surface area (Å²) in [5.74, 6) is 1.57. The summed E-state index contributed by atoms with van der Waals surface area (Å²) in [7, 11) is 0. The van der Waals surface area contributed by atoms with Crippen LogP contribution in [0.25, 0.3) is 0 Å². The first kappa shape index (κ1) is 9.00. The van der Waals surface area contributed by atoms with Crippen molar-refractivity contribution in [1.29, 1.82) is 0 Å². The fourth-order valence-corrected chi connectivity index (χ4v) is 1.60. The SMILES string of the molecule is CC(Cc1ncc[nH]1)c1ccccc1. The predicted octanol–water partition coefficient (Wildman–Crippen LogP) is 2.76. The summed E-state index contributed by atoms with van der Waals surface area (Å²) in [6, 6.07) is 10.5. The molecule has 2 nitrogen and oxygen atoms in total. The molecule has 0 spiro atoms. The molecule has 72 valence electrons. The number of aromatic nitrogens is 2. The molecule has 2 rings (SSSR count). The van der Waals surface area contributed by atoms with Crippen LogP contribution in [0.3, 0.4) is 0 Å². The highest BCUT2D eigenvalue weighted by Gasteiger charge is 2.06. The minimum absolute atomic E-state index is 0.516. The first-order valence-corrected chi connectivity index (χ1v) is 4.89. The Morgan fingerprint density at radius 1 is 1.29 bits per heavy atom. The van der Waals surface area contributed by atoms with Gasteiger partial charge in [0.05, 0.1) is 0 Å². The molecule has 0 fully saturated rings. The lowest BCUT2D eigenvalue weighted by molar-refractivity contribution is 0.727. The van der Waals surface area contributed by atoms with E-state index in [2.05, 4.69) is 41.2 Å². The number of H-pyrrole nitrogens is 1. The van der Waals surface area contributed by atoms with Gasteiger partial charge in [0, 0.05) is 18.8 Å². The quantitative estimate of drug-likeness (QED) is 0.784. The first-order chi connectivity index (χ1) is 6.86. The van der Waals surface area contributed by atoms with Gasteiger partial charge in [-0.3, -0.25) is 0 Å². The standard InChI is InChI=1S/C12H14N2/c1-10(9-12-13-7-8-14-12)11-5-3-2-4-6-11/h2-8,10H,9H2,1H3,(H,13,14). The van der Waals surface area contributed by atoms with E-state index < -0.39 is 0 Å². The lowest BCUT2D eigenvalue weighted by Gasteiger charge is -2.09. The van der Waals surface area contributed by atoms with Crippen LogP contribution in [-0.4, -0.2) is 9.97 Å². The Hall–Kier alpha value is -1.57. The molecule has 14 heavy (non-hydrogen) atoms. The van der Waals surface area contributed by atoms with E-state index in [1.165, 1.54) is 5.56 Å². The first-order valence-electron chi connectivity index (χ1n) is 4.89. The van der Waals surface area contributed by atoms with E-state index in [-0.39, 0.29) is 0 Å². The second kappa shape index (κ2) is 4.09. The monoisotopic (exact) mass is 186 g/mol. The third-order valence-electron chi connectivity index (χ3n) is 2.42. The Morgan fingerprint density at radius 2 is 2.07 bits per heavy atom. The van der Waals surface area contributed by atoms with Gasteiger partial charge < -0.3 is 4.98 Å². The molecule has 1 heterocycles. The molecule has 2 heteroatoms. The smallest absolute Gasteiger partial charge is 0.106 e. The van der Waals surface area contributed by atoms with Gasteiger partial charge in [0.1, 0.15) is 5.82 Å². The molecule has 0 saturated carbocycles. The molecular weight excluding hydrogens is 172 g/mol. The van der Waals surface area contributed by atoms with Gasteiger partial charge in [0.15, 0.2) is 0 Å². The topological polar surface area (TPSA) is 28.7 Å². The number of hydrogen-bond donors (Lipinski definition) is 1. The summed E-state index contributed by atoms with van der Waals surface area (Å²) >= 11 is 0. The molecule has 0 amide bonds. The predicted molar refractivity (Wildman–Crippen MR) is 57.1 cm³/mol. The Balaban J connectivity index is 2.07. The minimum Gasteiger partial charge on any atom is -0.349 e. The highest BCUT2D eigenvalue weighted by molar-refractivity contribution is 5.19. The van der Waals surface area contributed by atoms with E-state index in [1.54, 1.807) is 6.20 Å². The molecule has 0 aliphatic heterocycles. The number of imidazole rings is 1. The fraction of sp³-hybridized carbons (Fsp3) is 0.250. The van der Waals surface area contributed by atoms with Gasteiger partial charge in [-0.15, -0.1) is 0 Å². The van der Waals surface area contributed by atoms with Crippen molar-refractivity contribution >= 4 is 0 Å². The van der Waals surface area contributed by atoms with Crippen LogP contribution in [0.5, 0.6) is 0 Å². The van der Waals surface area contributed by atoms with E-state index in [4.69, 9.17) is 0 Å². The molecule has 1 unspecified atom stereocenters. The van der Waals surface area contributed by atoms with Crippen LogP contribution in [0.15, 0.2) is 42.7 Å². The van der Waals surface area contributed by atoms with Gasteiger partial charge in [0.25, 0.3) is 0 Å². The summed E-state index contributed by atoms with van der Waals surface area (Å²) in [5.41, 5.74) is 1.36. The van der Waals surface area contributed by atoms with E-state index in [9.17, 15) is 0 Å². The van der Waals surface area contributed by atoms with Gasteiger partial charge in [-0.25, -0.2) is 4.98 Å². The number of hydrogen-bond acceptors (Lipinski definition) is 1. The maximum atomic E-state index is 4.23. The van der Waals surface area contributed by atoms with Crippen LogP contribution in [0.2, 0.25) is 0 Å². The zero-order valence-electron chi connectivity index (χ0n) is 8.27. The van der Waals surface area contributed by atoms with Crippen LogP contribution in [0.1, 0.15) is 24.2 Å². The van der Waals surface area contributed by atoms with Crippen molar-refractivity contribution in [3.63, 3.8) is 0 Å². The van der Waals surface area contributed by atoms with Gasteiger partial charge in [-0.1, -0.05) is 37.3 Å². The maximum absolute atomic E-state index is 4.23. The number of aromatic amines is 1. The third kappa shape index (κ3) is 2.02. The Bertz CT molecular complexity index is 364. The van der Waals surface area contributed by atoms with Crippen molar-refractivity contribution in [2.75, 3.05) is 0 Å². The normalized spacial score (nSPS) is 12.6. The number of nitrogens with zero attached hydrogens (tertiary/aromatic N) is 1. The zero-order valence-corrected chi connectivity index (χ0v) is 8.27. The van der Waals surface area contributed by atoms with E-state index in [0.717, 1.165) is 12.2 Å². The number of nitrogens with one attached hydrogen (secondary N) is 1. The molecule has 1 N–H and O–H groups in total. The van der Waals surface area contributed by atoms with Crippen molar-refractivity contribution in [3.05, 3.63) is 54.1 Å². The fourth-order valence-electron chi connectivity index (χ4n) is 1.60. The second-order valence-electron chi connectivity index (χ2n) is 3.55. The summed E-state index contributed by atoms with van der Waals surface area (Å²) in [6.45, 7) is 2.22. The molecular formula is C12H14N2. The number of benzene rings is 1. The molecule has 1 atom stereocenters. The molecule has 1 aromatic carbocycles. The van der Waals surface area contributed by atoms with Crippen molar-refractivity contribution in [1.82, 2.24) is 9.97 Å².